The number of carbonyl (C=O) groups excluding carboxylic acids is 1. The van der Waals surface area contributed by atoms with Crippen LogP contribution in [0.5, 0.6) is 0 Å². The molecule has 1 aromatic rings. The lowest BCUT2D eigenvalue weighted by Gasteiger charge is -2.04. The molecule has 0 aromatic carbocycles. The van der Waals surface area contributed by atoms with E-state index in [-0.39, 0.29) is 5.91 Å². The molecule has 15 heavy (non-hydrogen) atoms. The van der Waals surface area contributed by atoms with Crippen LogP contribution in [0.1, 0.15) is 10.4 Å². The number of amides is 1. The molecule has 0 saturated carbocycles. The van der Waals surface area contributed by atoms with Crippen LogP contribution in [-0.2, 0) is 4.74 Å². The van der Waals surface area contributed by atoms with Crippen LogP contribution in [0.3, 0.4) is 0 Å². The van der Waals surface area contributed by atoms with Crippen molar-refractivity contribution in [2.75, 3.05) is 32.6 Å². The van der Waals surface area contributed by atoms with Gasteiger partial charge in [-0.3, -0.25) is 4.79 Å². The van der Waals surface area contributed by atoms with Crippen LogP contribution in [-0.4, -0.2) is 38.2 Å². The van der Waals surface area contributed by atoms with E-state index in [0.29, 0.717) is 18.7 Å². The van der Waals surface area contributed by atoms with Gasteiger partial charge in [-0.25, -0.2) is 4.98 Å². The van der Waals surface area contributed by atoms with Gasteiger partial charge in [-0.15, -0.1) is 0 Å². The van der Waals surface area contributed by atoms with E-state index in [2.05, 4.69) is 15.6 Å². The molecular formula is C10H15N3O2. The summed E-state index contributed by atoms with van der Waals surface area (Å²) in [6, 6.07) is 3.48. The van der Waals surface area contributed by atoms with Gasteiger partial charge >= 0.3 is 0 Å². The molecule has 1 aromatic heterocycles. The molecule has 0 aliphatic carbocycles. The van der Waals surface area contributed by atoms with Crippen molar-refractivity contribution in [2.24, 2.45) is 0 Å². The summed E-state index contributed by atoms with van der Waals surface area (Å²) in [5, 5.41) is 5.60. The van der Waals surface area contributed by atoms with Crippen molar-refractivity contribution in [3.8, 4) is 0 Å². The number of aromatic nitrogens is 1. The van der Waals surface area contributed by atoms with E-state index < -0.39 is 0 Å². The normalized spacial score (nSPS) is 9.73. The number of anilines is 1. The fraction of sp³-hybridized carbons (Fsp3) is 0.400. The summed E-state index contributed by atoms with van der Waals surface area (Å²) < 4.78 is 4.82. The lowest BCUT2D eigenvalue weighted by Crippen LogP contribution is -2.26. The number of methoxy groups -OCH3 is 1. The molecule has 1 amide bonds. The third kappa shape index (κ3) is 3.55. The van der Waals surface area contributed by atoms with Crippen molar-refractivity contribution >= 4 is 11.7 Å². The van der Waals surface area contributed by atoms with Crippen LogP contribution in [0.4, 0.5) is 5.82 Å². The Bertz CT molecular complexity index is 311. The second kappa shape index (κ2) is 5.98. The molecule has 1 rings (SSSR count). The summed E-state index contributed by atoms with van der Waals surface area (Å²) in [6.45, 7) is 1.01. The van der Waals surface area contributed by atoms with Crippen molar-refractivity contribution in [1.29, 1.82) is 0 Å². The van der Waals surface area contributed by atoms with Crippen LogP contribution >= 0.6 is 0 Å². The summed E-state index contributed by atoms with van der Waals surface area (Å²) in [5.74, 6) is 0.602. The fourth-order valence-corrected chi connectivity index (χ4v) is 1.04. The Morgan fingerprint density at radius 2 is 2.33 bits per heavy atom. The number of carbonyl (C=O) groups is 1. The predicted octanol–water partition coefficient (Wildman–Crippen LogP) is 0.499. The molecule has 2 N–H and O–H groups in total. The lowest BCUT2D eigenvalue weighted by molar-refractivity contribution is 0.0937. The molecule has 5 nitrogen and oxygen atoms in total. The number of ether oxygens (including phenoxy) is 1. The molecule has 0 aliphatic heterocycles. The maximum absolute atomic E-state index is 11.5. The maximum atomic E-state index is 11.5. The van der Waals surface area contributed by atoms with E-state index in [1.54, 1.807) is 26.3 Å². The number of nitrogens with one attached hydrogen (secondary N) is 2. The van der Waals surface area contributed by atoms with E-state index in [9.17, 15) is 4.79 Å². The maximum Gasteiger partial charge on any atom is 0.252 e. The Balaban J connectivity index is 2.50. The zero-order valence-electron chi connectivity index (χ0n) is 8.91. The zero-order chi connectivity index (χ0) is 11.1. The number of rotatable bonds is 5. The first-order valence-electron chi connectivity index (χ1n) is 4.69. The number of hydrogen-bond donors (Lipinski definition) is 2. The van der Waals surface area contributed by atoms with Gasteiger partial charge in [0.25, 0.3) is 5.91 Å². The van der Waals surface area contributed by atoms with Gasteiger partial charge < -0.3 is 15.4 Å². The van der Waals surface area contributed by atoms with Crippen molar-refractivity contribution < 1.29 is 9.53 Å². The Kier molecular flexibility index (Phi) is 4.56. The number of nitrogens with zero attached hydrogens (tertiary/aromatic N) is 1. The van der Waals surface area contributed by atoms with Crippen molar-refractivity contribution in [3.63, 3.8) is 0 Å². The van der Waals surface area contributed by atoms with Crippen LogP contribution in [0.15, 0.2) is 18.3 Å². The fourth-order valence-electron chi connectivity index (χ4n) is 1.04. The minimum atomic E-state index is -0.137. The number of pyridine rings is 1. The van der Waals surface area contributed by atoms with E-state index >= 15 is 0 Å². The quantitative estimate of drug-likeness (QED) is 0.693. The summed E-state index contributed by atoms with van der Waals surface area (Å²) in [4.78, 5) is 15.5. The van der Waals surface area contributed by atoms with Gasteiger partial charge in [0.2, 0.25) is 0 Å². The average molecular weight is 209 g/mol. The Morgan fingerprint density at radius 3 is 2.87 bits per heavy atom. The van der Waals surface area contributed by atoms with Gasteiger partial charge in [0.1, 0.15) is 5.82 Å². The highest BCUT2D eigenvalue weighted by molar-refractivity contribution is 5.93. The molecular weight excluding hydrogens is 194 g/mol. The molecule has 0 spiro atoms. The second-order valence-electron chi connectivity index (χ2n) is 2.93. The van der Waals surface area contributed by atoms with E-state index in [0.717, 1.165) is 5.82 Å². The molecule has 0 fully saturated rings. The highest BCUT2D eigenvalue weighted by atomic mass is 16.5. The largest absolute Gasteiger partial charge is 0.383 e. The van der Waals surface area contributed by atoms with Crippen LogP contribution in [0.2, 0.25) is 0 Å². The predicted molar refractivity (Wildman–Crippen MR) is 58.0 cm³/mol. The Hall–Kier alpha value is -1.62. The zero-order valence-corrected chi connectivity index (χ0v) is 8.91. The first-order chi connectivity index (χ1) is 7.27. The third-order valence-electron chi connectivity index (χ3n) is 1.87. The standard InChI is InChI=1S/C10H15N3O2/c1-11-9-4-3-8(7-13-9)10(14)12-5-6-15-2/h3-4,7H,5-6H2,1-2H3,(H,11,13)(H,12,14). The first kappa shape index (κ1) is 11.5. The highest BCUT2D eigenvalue weighted by Crippen LogP contribution is 2.03. The molecule has 0 aliphatic rings. The van der Waals surface area contributed by atoms with Crippen molar-refractivity contribution in [1.82, 2.24) is 10.3 Å². The van der Waals surface area contributed by atoms with Gasteiger partial charge in [-0.05, 0) is 12.1 Å². The summed E-state index contributed by atoms with van der Waals surface area (Å²) >= 11 is 0. The second-order valence-corrected chi connectivity index (χ2v) is 2.93. The van der Waals surface area contributed by atoms with Gasteiger partial charge in [-0.1, -0.05) is 0 Å². The first-order valence-corrected chi connectivity index (χ1v) is 4.69. The molecule has 1 heterocycles. The van der Waals surface area contributed by atoms with E-state index in [1.165, 1.54) is 6.20 Å². The van der Waals surface area contributed by atoms with E-state index in [4.69, 9.17) is 4.74 Å². The molecule has 0 unspecified atom stereocenters. The number of hydrogen-bond acceptors (Lipinski definition) is 4. The average Bonchev–Trinajstić information content (AvgIpc) is 2.29. The molecule has 0 bridgehead atoms. The molecule has 0 atom stereocenters. The van der Waals surface area contributed by atoms with Gasteiger partial charge in [-0.2, -0.15) is 0 Å². The van der Waals surface area contributed by atoms with Gasteiger partial charge in [0.15, 0.2) is 0 Å². The highest BCUT2D eigenvalue weighted by Gasteiger charge is 2.04. The summed E-state index contributed by atoms with van der Waals surface area (Å²) in [5.41, 5.74) is 0.546. The van der Waals surface area contributed by atoms with Crippen LogP contribution in [0.25, 0.3) is 0 Å². The Labute approximate surface area is 88.9 Å². The van der Waals surface area contributed by atoms with Crippen molar-refractivity contribution in [3.05, 3.63) is 23.9 Å². The molecule has 5 heteroatoms. The van der Waals surface area contributed by atoms with Crippen molar-refractivity contribution in [2.45, 2.75) is 0 Å². The SMILES string of the molecule is CNc1ccc(C(=O)NCCOC)cn1. The molecule has 0 saturated heterocycles. The molecule has 0 radical (unpaired) electrons. The Morgan fingerprint density at radius 1 is 1.53 bits per heavy atom. The minimum Gasteiger partial charge on any atom is -0.383 e. The topological polar surface area (TPSA) is 63.2 Å². The van der Waals surface area contributed by atoms with Gasteiger partial charge in [0, 0.05) is 26.9 Å². The van der Waals surface area contributed by atoms with E-state index in [1.807, 2.05) is 0 Å². The minimum absolute atomic E-state index is 0.137. The van der Waals surface area contributed by atoms with Crippen LogP contribution < -0.4 is 10.6 Å². The monoisotopic (exact) mass is 209 g/mol. The van der Waals surface area contributed by atoms with Gasteiger partial charge in [0.05, 0.1) is 12.2 Å². The molecule has 82 valence electrons. The summed E-state index contributed by atoms with van der Waals surface area (Å²) in [6.07, 6.45) is 1.54. The smallest absolute Gasteiger partial charge is 0.252 e. The third-order valence-corrected chi connectivity index (χ3v) is 1.87. The summed E-state index contributed by atoms with van der Waals surface area (Å²) in [7, 11) is 3.37. The lowest BCUT2D eigenvalue weighted by atomic mass is 10.2. The van der Waals surface area contributed by atoms with Crippen LogP contribution in [0, 0.1) is 0 Å².